The maximum absolute atomic E-state index is 12.6. The molecule has 0 aliphatic heterocycles. The van der Waals surface area contributed by atoms with Crippen LogP contribution < -0.4 is 5.32 Å². The number of aliphatic hydroxyl groups is 1. The molecule has 23 heavy (non-hydrogen) atoms. The van der Waals surface area contributed by atoms with Crippen molar-refractivity contribution in [3.63, 3.8) is 0 Å². The Kier molecular flexibility index (Phi) is 4.81. The second-order valence-corrected chi connectivity index (χ2v) is 9.43. The SMILES string of the molecule is CC(NCC1(O)CCC1)c1ccc(S(=O)(=O)C2CCCC2)cc1. The van der Waals surface area contributed by atoms with E-state index < -0.39 is 15.4 Å². The second-order valence-electron chi connectivity index (χ2n) is 7.20. The number of rotatable bonds is 6. The van der Waals surface area contributed by atoms with Gasteiger partial charge in [-0.15, -0.1) is 0 Å². The average Bonchev–Trinajstić information content (AvgIpc) is 3.06. The molecule has 2 aliphatic carbocycles. The highest BCUT2D eigenvalue weighted by molar-refractivity contribution is 7.92. The smallest absolute Gasteiger partial charge is 0.181 e. The van der Waals surface area contributed by atoms with E-state index in [2.05, 4.69) is 5.32 Å². The first-order valence-corrected chi connectivity index (χ1v) is 10.2. The van der Waals surface area contributed by atoms with Crippen LogP contribution in [0.2, 0.25) is 0 Å². The van der Waals surface area contributed by atoms with Crippen LogP contribution in [0.15, 0.2) is 29.2 Å². The molecule has 0 heterocycles. The Morgan fingerprint density at radius 2 is 1.78 bits per heavy atom. The van der Waals surface area contributed by atoms with E-state index in [0.717, 1.165) is 50.5 Å². The van der Waals surface area contributed by atoms with E-state index in [-0.39, 0.29) is 11.3 Å². The van der Waals surface area contributed by atoms with E-state index in [0.29, 0.717) is 11.4 Å². The van der Waals surface area contributed by atoms with E-state index in [1.165, 1.54) is 0 Å². The van der Waals surface area contributed by atoms with Crippen LogP contribution >= 0.6 is 0 Å². The first-order valence-electron chi connectivity index (χ1n) is 8.70. The molecular formula is C18H27NO3S. The maximum atomic E-state index is 12.6. The molecule has 0 spiro atoms. The first-order chi connectivity index (χ1) is 10.9. The molecule has 0 bridgehead atoms. The number of sulfone groups is 1. The second kappa shape index (κ2) is 6.54. The summed E-state index contributed by atoms with van der Waals surface area (Å²) in [4.78, 5) is 0.443. The Labute approximate surface area is 139 Å². The van der Waals surface area contributed by atoms with Crippen LogP contribution in [0.4, 0.5) is 0 Å². The van der Waals surface area contributed by atoms with Crippen molar-refractivity contribution in [2.75, 3.05) is 6.54 Å². The summed E-state index contributed by atoms with van der Waals surface area (Å²) in [5.41, 5.74) is 0.512. The molecule has 3 rings (SSSR count). The van der Waals surface area contributed by atoms with Crippen LogP contribution in [0, 0.1) is 0 Å². The molecule has 2 aliphatic rings. The van der Waals surface area contributed by atoms with E-state index in [1.807, 2.05) is 19.1 Å². The van der Waals surface area contributed by atoms with Gasteiger partial charge < -0.3 is 10.4 Å². The van der Waals surface area contributed by atoms with Gasteiger partial charge in [0.1, 0.15) is 0 Å². The van der Waals surface area contributed by atoms with Gasteiger partial charge in [-0.2, -0.15) is 0 Å². The highest BCUT2D eigenvalue weighted by Gasteiger charge is 2.34. The largest absolute Gasteiger partial charge is 0.389 e. The lowest BCUT2D eigenvalue weighted by Crippen LogP contribution is -2.46. The van der Waals surface area contributed by atoms with E-state index in [4.69, 9.17) is 0 Å². The molecule has 2 N–H and O–H groups in total. The molecule has 1 aromatic rings. The summed E-state index contributed by atoms with van der Waals surface area (Å²) in [5, 5.41) is 13.3. The standard InChI is InChI=1S/C18H27NO3S/c1-14(19-13-18(20)11-4-12-18)15-7-9-17(10-8-15)23(21,22)16-5-2-3-6-16/h7-10,14,16,19-20H,2-6,11-13H2,1H3. The zero-order chi connectivity index (χ0) is 16.5. The van der Waals surface area contributed by atoms with Crippen LogP contribution in [0.5, 0.6) is 0 Å². The molecule has 128 valence electrons. The maximum Gasteiger partial charge on any atom is 0.181 e. The van der Waals surface area contributed by atoms with Crippen molar-refractivity contribution in [3.05, 3.63) is 29.8 Å². The van der Waals surface area contributed by atoms with Gasteiger partial charge in [0.15, 0.2) is 9.84 Å². The minimum atomic E-state index is -3.17. The third kappa shape index (κ3) is 3.62. The van der Waals surface area contributed by atoms with Crippen LogP contribution in [0.1, 0.15) is 63.5 Å². The number of nitrogens with one attached hydrogen (secondary N) is 1. The third-order valence-electron chi connectivity index (χ3n) is 5.47. The van der Waals surface area contributed by atoms with Gasteiger partial charge in [-0.1, -0.05) is 25.0 Å². The monoisotopic (exact) mass is 337 g/mol. The molecule has 2 fully saturated rings. The average molecular weight is 337 g/mol. The number of hydrogen-bond acceptors (Lipinski definition) is 4. The Bertz CT molecular complexity index is 629. The van der Waals surface area contributed by atoms with Crippen molar-refractivity contribution < 1.29 is 13.5 Å². The minimum absolute atomic E-state index is 0.0999. The Morgan fingerprint density at radius 3 is 2.30 bits per heavy atom. The van der Waals surface area contributed by atoms with Gasteiger partial charge in [-0.3, -0.25) is 0 Å². The van der Waals surface area contributed by atoms with Gasteiger partial charge in [0.2, 0.25) is 0 Å². The molecule has 0 amide bonds. The molecule has 1 atom stereocenters. The van der Waals surface area contributed by atoms with Gasteiger partial charge in [0.25, 0.3) is 0 Å². The van der Waals surface area contributed by atoms with Crippen molar-refractivity contribution in [2.45, 2.75) is 73.7 Å². The minimum Gasteiger partial charge on any atom is -0.389 e. The van der Waals surface area contributed by atoms with Gasteiger partial charge in [-0.05, 0) is 56.7 Å². The van der Waals surface area contributed by atoms with Crippen LogP contribution in [-0.4, -0.2) is 30.9 Å². The zero-order valence-electron chi connectivity index (χ0n) is 13.8. The van der Waals surface area contributed by atoms with Crippen molar-refractivity contribution in [3.8, 4) is 0 Å². The molecule has 1 aromatic carbocycles. The van der Waals surface area contributed by atoms with E-state index in [1.54, 1.807) is 12.1 Å². The molecule has 0 aromatic heterocycles. The van der Waals surface area contributed by atoms with Crippen molar-refractivity contribution in [1.82, 2.24) is 5.32 Å². The Balaban J connectivity index is 1.64. The van der Waals surface area contributed by atoms with Gasteiger partial charge >= 0.3 is 0 Å². The van der Waals surface area contributed by atoms with Crippen LogP contribution in [0.3, 0.4) is 0 Å². The van der Waals surface area contributed by atoms with Crippen molar-refractivity contribution in [2.24, 2.45) is 0 Å². The molecule has 1 unspecified atom stereocenters. The highest BCUT2D eigenvalue weighted by Crippen LogP contribution is 2.32. The van der Waals surface area contributed by atoms with Crippen molar-refractivity contribution in [1.29, 1.82) is 0 Å². The summed E-state index contributed by atoms with van der Waals surface area (Å²) in [7, 11) is -3.17. The van der Waals surface area contributed by atoms with Crippen molar-refractivity contribution >= 4 is 9.84 Å². The first kappa shape index (κ1) is 16.9. The molecule has 5 heteroatoms. The van der Waals surface area contributed by atoms with Crippen LogP contribution in [-0.2, 0) is 9.84 Å². The van der Waals surface area contributed by atoms with Gasteiger partial charge in [0.05, 0.1) is 15.7 Å². The van der Waals surface area contributed by atoms with E-state index in [9.17, 15) is 13.5 Å². The fourth-order valence-electron chi connectivity index (χ4n) is 3.56. The summed E-state index contributed by atoms with van der Waals surface area (Å²) in [6.07, 6.45) is 6.45. The molecule has 2 saturated carbocycles. The predicted molar refractivity (Wildman–Crippen MR) is 91.1 cm³/mol. The number of hydrogen-bond donors (Lipinski definition) is 2. The quantitative estimate of drug-likeness (QED) is 0.837. The zero-order valence-corrected chi connectivity index (χ0v) is 14.6. The predicted octanol–water partition coefficient (Wildman–Crippen LogP) is 2.97. The topological polar surface area (TPSA) is 66.4 Å². The summed E-state index contributed by atoms with van der Waals surface area (Å²) in [6.45, 7) is 2.64. The Hall–Kier alpha value is -0.910. The fraction of sp³-hybridized carbons (Fsp3) is 0.667. The summed E-state index contributed by atoms with van der Waals surface area (Å²) in [5.74, 6) is 0. The fourth-order valence-corrected chi connectivity index (χ4v) is 5.41. The van der Waals surface area contributed by atoms with E-state index >= 15 is 0 Å². The lowest BCUT2D eigenvalue weighted by Gasteiger charge is -2.37. The van der Waals surface area contributed by atoms with Gasteiger partial charge in [-0.25, -0.2) is 8.42 Å². The lowest BCUT2D eigenvalue weighted by atomic mass is 9.80. The normalized spacial score (nSPS) is 22.7. The molecule has 4 nitrogen and oxygen atoms in total. The molecule has 0 saturated heterocycles. The molecular weight excluding hydrogens is 310 g/mol. The highest BCUT2D eigenvalue weighted by atomic mass is 32.2. The molecule has 0 radical (unpaired) electrons. The van der Waals surface area contributed by atoms with Crippen LogP contribution in [0.25, 0.3) is 0 Å². The van der Waals surface area contributed by atoms with Gasteiger partial charge in [0, 0.05) is 12.6 Å². The summed E-state index contributed by atoms with van der Waals surface area (Å²) >= 11 is 0. The lowest BCUT2D eigenvalue weighted by molar-refractivity contribution is -0.0329. The summed E-state index contributed by atoms with van der Waals surface area (Å²) in [6, 6.07) is 7.36. The Morgan fingerprint density at radius 1 is 1.17 bits per heavy atom. The summed E-state index contributed by atoms with van der Waals surface area (Å²) < 4.78 is 25.1. The third-order valence-corrected chi connectivity index (χ3v) is 7.75. The number of benzene rings is 1.